The summed E-state index contributed by atoms with van der Waals surface area (Å²) >= 11 is 0. The summed E-state index contributed by atoms with van der Waals surface area (Å²) in [6, 6.07) is 22.2. The molecule has 1 aliphatic heterocycles. The molecule has 0 N–H and O–H groups in total. The molecule has 33 heavy (non-hydrogen) atoms. The summed E-state index contributed by atoms with van der Waals surface area (Å²) < 4.78 is 10.6. The first-order valence-electron chi connectivity index (χ1n) is 10.7. The Bertz CT molecular complexity index is 1270. The molecule has 2 amide bonds. The maximum Gasteiger partial charge on any atom is 0.292 e. The molecule has 1 atom stereocenters. The second-order valence-corrected chi connectivity index (χ2v) is 7.98. The number of aromatic nitrogens is 2. The Labute approximate surface area is 190 Å². The fraction of sp³-hybridized carbons (Fsp3) is 0.200. The molecule has 8 nitrogen and oxygen atoms in total. The van der Waals surface area contributed by atoms with Gasteiger partial charge in [0.1, 0.15) is 11.4 Å². The van der Waals surface area contributed by atoms with Gasteiger partial charge in [0.05, 0.1) is 0 Å². The van der Waals surface area contributed by atoms with E-state index in [9.17, 15) is 9.59 Å². The maximum atomic E-state index is 13.0. The van der Waals surface area contributed by atoms with Gasteiger partial charge in [0.15, 0.2) is 0 Å². The van der Waals surface area contributed by atoms with Crippen LogP contribution in [0.15, 0.2) is 81.8 Å². The molecule has 0 saturated carbocycles. The SMILES string of the molecule is C[C@H]1CN(C(=O)c2cc(-c3ccccc3)no2)CCN1C(=O)c1cc(-c2ccccc2)no1. The van der Waals surface area contributed by atoms with Crippen molar-refractivity contribution in [3.63, 3.8) is 0 Å². The average Bonchev–Trinajstić information content (AvgIpc) is 3.55. The molecule has 2 aromatic heterocycles. The quantitative estimate of drug-likeness (QED) is 0.475. The van der Waals surface area contributed by atoms with Gasteiger partial charge in [-0.05, 0) is 6.92 Å². The minimum Gasteiger partial charge on any atom is -0.350 e. The van der Waals surface area contributed by atoms with E-state index in [1.165, 1.54) is 0 Å². The van der Waals surface area contributed by atoms with E-state index in [-0.39, 0.29) is 29.4 Å². The number of hydrogen-bond acceptors (Lipinski definition) is 6. The van der Waals surface area contributed by atoms with Gasteiger partial charge in [-0.3, -0.25) is 9.59 Å². The molecular weight excluding hydrogens is 420 g/mol. The highest BCUT2D eigenvalue weighted by Gasteiger charge is 2.33. The molecule has 0 unspecified atom stereocenters. The normalized spacial score (nSPS) is 16.1. The molecule has 0 radical (unpaired) electrons. The van der Waals surface area contributed by atoms with Crippen LogP contribution in [0.3, 0.4) is 0 Å². The van der Waals surface area contributed by atoms with Gasteiger partial charge in [0.25, 0.3) is 11.8 Å². The van der Waals surface area contributed by atoms with Crippen LogP contribution in [-0.4, -0.2) is 57.6 Å². The van der Waals surface area contributed by atoms with Gasteiger partial charge >= 0.3 is 0 Å². The van der Waals surface area contributed by atoms with Crippen molar-refractivity contribution in [1.82, 2.24) is 20.1 Å². The summed E-state index contributed by atoms with van der Waals surface area (Å²) in [5.41, 5.74) is 2.98. The van der Waals surface area contributed by atoms with Crippen LogP contribution >= 0.6 is 0 Å². The van der Waals surface area contributed by atoms with E-state index in [0.29, 0.717) is 31.0 Å². The van der Waals surface area contributed by atoms with Crippen molar-refractivity contribution in [1.29, 1.82) is 0 Å². The monoisotopic (exact) mass is 442 g/mol. The van der Waals surface area contributed by atoms with Crippen molar-refractivity contribution in [2.75, 3.05) is 19.6 Å². The third-order valence-corrected chi connectivity index (χ3v) is 5.76. The molecule has 0 bridgehead atoms. The highest BCUT2D eigenvalue weighted by molar-refractivity contribution is 5.94. The largest absolute Gasteiger partial charge is 0.350 e. The van der Waals surface area contributed by atoms with Gasteiger partial charge in [-0.1, -0.05) is 71.0 Å². The third kappa shape index (κ3) is 4.15. The zero-order valence-corrected chi connectivity index (χ0v) is 18.0. The first kappa shape index (κ1) is 20.7. The molecule has 0 spiro atoms. The Hall–Kier alpha value is -4.20. The van der Waals surface area contributed by atoms with E-state index >= 15 is 0 Å². The molecular formula is C25H22N4O4. The van der Waals surface area contributed by atoms with Crippen LogP contribution in [-0.2, 0) is 0 Å². The van der Waals surface area contributed by atoms with E-state index in [0.717, 1.165) is 11.1 Å². The fourth-order valence-corrected chi connectivity index (χ4v) is 3.98. The zero-order valence-electron chi connectivity index (χ0n) is 18.0. The van der Waals surface area contributed by atoms with E-state index in [2.05, 4.69) is 10.3 Å². The van der Waals surface area contributed by atoms with Crippen LogP contribution in [0.2, 0.25) is 0 Å². The fourth-order valence-electron chi connectivity index (χ4n) is 3.98. The third-order valence-electron chi connectivity index (χ3n) is 5.76. The van der Waals surface area contributed by atoms with Crippen molar-refractivity contribution in [3.8, 4) is 22.5 Å². The van der Waals surface area contributed by atoms with Gasteiger partial charge in [0.2, 0.25) is 11.5 Å². The van der Waals surface area contributed by atoms with Crippen molar-refractivity contribution in [3.05, 3.63) is 84.3 Å². The molecule has 4 aromatic rings. The van der Waals surface area contributed by atoms with Gasteiger partial charge in [-0.2, -0.15) is 0 Å². The molecule has 166 valence electrons. The van der Waals surface area contributed by atoms with Crippen LogP contribution in [0.4, 0.5) is 0 Å². The number of rotatable bonds is 4. The summed E-state index contributed by atoms with van der Waals surface area (Å²) in [4.78, 5) is 29.4. The molecule has 1 fully saturated rings. The lowest BCUT2D eigenvalue weighted by atomic mass is 10.1. The van der Waals surface area contributed by atoms with Crippen LogP contribution < -0.4 is 0 Å². The summed E-state index contributed by atoms with van der Waals surface area (Å²) in [6.45, 7) is 3.05. The van der Waals surface area contributed by atoms with Crippen molar-refractivity contribution in [2.45, 2.75) is 13.0 Å². The second-order valence-electron chi connectivity index (χ2n) is 7.98. The molecule has 1 aliphatic rings. The lowest BCUT2D eigenvalue weighted by Crippen LogP contribution is -2.55. The topological polar surface area (TPSA) is 92.7 Å². The number of piperazine rings is 1. The van der Waals surface area contributed by atoms with E-state index in [1.54, 1.807) is 21.9 Å². The lowest BCUT2D eigenvalue weighted by molar-refractivity contribution is 0.0372. The van der Waals surface area contributed by atoms with Gasteiger partial charge in [-0.25, -0.2) is 0 Å². The van der Waals surface area contributed by atoms with Crippen molar-refractivity contribution in [2.24, 2.45) is 0 Å². The summed E-state index contributed by atoms with van der Waals surface area (Å²) in [5.74, 6) is -0.114. The maximum absolute atomic E-state index is 13.0. The van der Waals surface area contributed by atoms with Gasteiger partial charge in [-0.15, -0.1) is 0 Å². The Morgan fingerprint density at radius 1 is 0.788 bits per heavy atom. The standard InChI is InChI=1S/C25H22N4O4/c1-17-16-28(24(30)22-14-20(26-32-22)18-8-4-2-5-9-18)12-13-29(17)25(31)23-15-21(27-33-23)19-10-6-3-7-11-19/h2-11,14-15,17H,12-13,16H2,1H3/t17-/m0/s1. The minimum atomic E-state index is -0.241. The number of carbonyl (C=O) groups is 2. The highest BCUT2D eigenvalue weighted by Crippen LogP contribution is 2.23. The van der Waals surface area contributed by atoms with Crippen molar-refractivity contribution < 1.29 is 18.6 Å². The van der Waals surface area contributed by atoms with Crippen LogP contribution in [0.5, 0.6) is 0 Å². The molecule has 3 heterocycles. The Balaban J connectivity index is 1.25. The Kier molecular flexibility index (Phi) is 5.48. The summed E-state index contributed by atoms with van der Waals surface area (Å²) in [7, 11) is 0. The molecule has 8 heteroatoms. The number of nitrogens with zero attached hydrogens (tertiary/aromatic N) is 4. The summed E-state index contributed by atoms with van der Waals surface area (Å²) in [6.07, 6.45) is 0. The molecule has 0 aliphatic carbocycles. The smallest absolute Gasteiger partial charge is 0.292 e. The van der Waals surface area contributed by atoms with Gasteiger partial charge in [0, 0.05) is 48.9 Å². The zero-order chi connectivity index (χ0) is 22.8. The average molecular weight is 442 g/mol. The Morgan fingerprint density at radius 2 is 1.30 bits per heavy atom. The first-order chi connectivity index (χ1) is 16.1. The predicted octanol–water partition coefficient (Wildman–Crippen LogP) is 3.98. The number of carbonyl (C=O) groups excluding carboxylic acids is 2. The molecule has 2 aromatic carbocycles. The Morgan fingerprint density at radius 3 is 1.82 bits per heavy atom. The van der Waals surface area contributed by atoms with E-state index in [4.69, 9.17) is 9.05 Å². The van der Waals surface area contributed by atoms with E-state index in [1.807, 2.05) is 67.6 Å². The molecule has 5 rings (SSSR count). The highest BCUT2D eigenvalue weighted by atomic mass is 16.5. The van der Waals surface area contributed by atoms with Crippen LogP contribution in [0.25, 0.3) is 22.5 Å². The number of benzene rings is 2. The summed E-state index contributed by atoms with van der Waals surface area (Å²) in [5, 5.41) is 8.06. The van der Waals surface area contributed by atoms with Gasteiger partial charge < -0.3 is 18.8 Å². The lowest BCUT2D eigenvalue weighted by Gasteiger charge is -2.38. The first-order valence-corrected chi connectivity index (χ1v) is 10.7. The van der Waals surface area contributed by atoms with Crippen LogP contribution in [0, 0.1) is 0 Å². The van der Waals surface area contributed by atoms with E-state index < -0.39 is 0 Å². The number of hydrogen-bond donors (Lipinski definition) is 0. The molecule has 1 saturated heterocycles. The minimum absolute atomic E-state index is 0.184. The second kappa shape index (κ2) is 8.74. The van der Waals surface area contributed by atoms with Crippen molar-refractivity contribution >= 4 is 11.8 Å². The predicted molar refractivity (Wildman–Crippen MR) is 120 cm³/mol. The number of amides is 2. The van der Waals surface area contributed by atoms with Crippen LogP contribution in [0.1, 0.15) is 28.0 Å².